The van der Waals surface area contributed by atoms with E-state index in [2.05, 4.69) is 21.1 Å². The molecular weight excluding hydrogens is 265 g/mol. The third-order valence-electron chi connectivity index (χ3n) is 1.90. The molecule has 1 aromatic carbocycles. The summed E-state index contributed by atoms with van der Waals surface area (Å²) < 4.78 is 18.0. The van der Waals surface area contributed by atoms with Crippen LogP contribution >= 0.6 is 15.9 Å². The SMILES string of the molecule is O=Cc1c(-c2cccc(F)c2)noc1Br. The van der Waals surface area contributed by atoms with E-state index in [0.717, 1.165) is 0 Å². The predicted octanol–water partition coefficient (Wildman–Crippen LogP) is 3.06. The number of benzene rings is 1. The van der Waals surface area contributed by atoms with E-state index < -0.39 is 0 Å². The van der Waals surface area contributed by atoms with Crippen molar-refractivity contribution < 1.29 is 13.7 Å². The van der Waals surface area contributed by atoms with E-state index >= 15 is 0 Å². The third kappa shape index (κ3) is 1.83. The average Bonchev–Trinajstić information content (AvgIpc) is 2.59. The van der Waals surface area contributed by atoms with E-state index in [1.807, 2.05) is 0 Å². The van der Waals surface area contributed by atoms with Crippen LogP contribution in [0.4, 0.5) is 4.39 Å². The fourth-order valence-electron chi connectivity index (χ4n) is 1.22. The van der Waals surface area contributed by atoms with Gasteiger partial charge in [0.15, 0.2) is 6.29 Å². The van der Waals surface area contributed by atoms with Crippen LogP contribution in [0.1, 0.15) is 10.4 Å². The molecule has 0 aliphatic heterocycles. The Kier molecular flexibility index (Phi) is 2.64. The van der Waals surface area contributed by atoms with E-state index in [0.29, 0.717) is 17.5 Å². The van der Waals surface area contributed by atoms with Crippen molar-refractivity contribution in [1.82, 2.24) is 5.16 Å². The number of carbonyl (C=O) groups is 1. The molecular formula is C10H5BrFNO2. The highest BCUT2D eigenvalue weighted by Crippen LogP contribution is 2.27. The molecule has 0 unspecified atom stereocenters. The number of hydrogen-bond donors (Lipinski definition) is 0. The minimum absolute atomic E-state index is 0.247. The molecule has 0 amide bonds. The van der Waals surface area contributed by atoms with Gasteiger partial charge in [0, 0.05) is 5.56 Å². The summed E-state index contributed by atoms with van der Waals surface area (Å²) in [5.41, 5.74) is 1.11. The maximum absolute atomic E-state index is 12.9. The first-order valence-corrected chi connectivity index (χ1v) is 4.88. The molecule has 0 aliphatic carbocycles. The second-order valence-electron chi connectivity index (χ2n) is 2.85. The van der Waals surface area contributed by atoms with Crippen LogP contribution in [0.25, 0.3) is 11.3 Å². The van der Waals surface area contributed by atoms with Gasteiger partial charge in [0.2, 0.25) is 4.67 Å². The van der Waals surface area contributed by atoms with Crippen LogP contribution in [0, 0.1) is 5.82 Å². The van der Waals surface area contributed by atoms with E-state index in [4.69, 9.17) is 4.52 Å². The van der Waals surface area contributed by atoms with Gasteiger partial charge in [-0.3, -0.25) is 4.79 Å². The maximum Gasteiger partial charge on any atom is 0.213 e. The monoisotopic (exact) mass is 269 g/mol. The van der Waals surface area contributed by atoms with Crippen LogP contribution in [0.3, 0.4) is 0 Å². The maximum atomic E-state index is 12.9. The number of rotatable bonds is 2. The second kappa shape index (κ2) is 3.94. The summed E-state index contributed by atoms with van der Waals surface area (Å²) in [5, 5.41) is 3.68. The first kappa shape index (κ1) is 10.0. The molecule has 0 atom stereocenters. The molecule has 1 aromatic heterocycles. The van der Waals surface area contributed by atoms with Gasteiger partial charge in [0.1, 0.15) is 11.5 Å². The van der Waals surface area contributed by atoms with E-state index in [9.17, 15) is 9.18 Å². The van der Waals surface area contributed by atoms with E-state index in [1.54, 1.807) is 12.1 Å². The molecule has 0 saturated carbocycles. The number of hydrogen-bond acceptors (Lipinski definition) is 3. The van der Waals surface area contributed by atoms with E-state index in [1.165, 1.54) is 12.1 Å². The number of halogens is 2. The molecule has 0 spiro atoms. The molecule has 3 nitrogen and oxygen atoms in total. The minimum Gasteiger partial charge on any atom is -0.348 e. The molecule has 0 bridgehead atoms. The summed E-state index contributed by atoms with van der Waals surface area (Å²) in [6, 6.07) is 5.80. The first-order valence-electron chi connectivity index (χ1n) is 4.08. The summed E-state index contributed by atoms with van der Waals surface area (Å²) in [6.07, 6.45) is 0.612. The largest absolute Gasteiger partial charge is 0.348 e. The molecule has 0 saturated heterocycles. The lowest BCUT2D eigenvalue weighted by atomic mass is 10.1. The highest BCUT2D eigenvalue weighted by atomic mass is 79.9. The number of aldehydes is 1. The number of nitrogens with zero attached hydrogens (tertiary/aromatic N) is 1. The summed E-state index contributed by atoms with van der Waals surface area (Å²) in [6.45, 7) is 0. The zero-order valence-corrected chi connectivity index (χ0v) is 8.99. The van der Waals surface area contributed by atoms with E-state index in [-0.39, 0.29) is 16.1 Å². The quantitative estimate of drug-likeness (QED) is 0.787. The number of carbonyl (C=O) groups excluding carboxylic acids is 1. The Morgan fingerprint density at radius 2 is 2.27 bits per heavy atom. The molecule has 0 radical (unpaired) electrons. The van der Waals surface area contributed by atoms with Gasteiger partial charge in [-0.2, -0.15) is 0 Å². The van der Waals surface area contributed by atoms with Crippen molar-refractivity contribution >= 4 is 22.2 Å². The van der Waals surface area contributed by atoms with Gasteiger partial charge in [0.25, 0.3) is 0 Å². The van der Waals surface area contributed by atoms with Gasteiger partial charge >= 0.3 is 0 Å². The zero-order chi connectivity index (χ0) is 10.8. The van der Waals surface area contributed by atoms with Gasteiger partial charge < -0.3 is 4.52 Å². The van der Waals surface area contributed by atoms with Gasteiger partial charge in [-0.25, -0.2) is 4.39 Å². The van der Waals surface area contributed by atoms with Crippen molar-refractivity contribution in [2.75, 3.05) is 0 Å². The molecule has 0 aliphatic rings. The summed E-state index contributed by atoms with van der Waals surface area (Å²) in [7, 11) is 0. The van der Waals surface area contributed by atoms with Crippen LogP contribution in [0.5, 0.6) is 0 Å². The van der Waals surface area contributed by atoms with Gasteiger partial charge in [-0.15, -0.1) is 0 Å². The average molecular weight is 270 g/mol. The molecule has 0 N–H and O–H groups in total. The van der Waals surface area contributed by atoms with Crippen LogP contribution in [0.15, 0.2) is 33.5 Å². The Morgan fingerprint density at radius 3 is 2.93 bits per heavy atom. The molecule has 1 heterocycles. The van der Waals surface area contributed by atoms with Crippen molar-refractivity contribution in [2.24, 2.45) is 0 Å². The van der Waals surface area contributed by atoms with Crippen LogP contribution < -0.4 is 0 Å². The highest BCUT2D eigenvalue weighted by molar-refractivity contribution is 9.10. The predicted molar refractivity (Wildman–Crippen MR) is 55.0 cm³/mol. The Labute approximate surface area is 93.0 Å². The summed E-state index contributed by atoms with van der Waals surface area (Å²) in [4.78, 5) is 10.7. The van der Waals surface area contributed by atoms with Crippen molar-refractivity contribution in [3.8, 4) is 11.3 Å². The summed E-state index contributed by atoms with van der Waals surface area (Å²) in [5.74, 6) is -0.386. The Morgan fingerprint density at radius 1 is 1.47 bits per heavy atom. The Hall–Kier alpha value is -1.49. The molecule has 2 rings (SSSR count). The van der Waals surface area contributed by atoms with Gasteiger partial charge in [-0.05, 0) is 28.1 Å². The van der Waals surface area contributed by atoms with Crippen LogP contribution in [-0.4, -0.2) is 11.4 Å². The lowest BCUT2D eigenvalue weighted by Gasteiger charge is -1.96. The first-order chi connectivity index (χ1) is 7.22. The lowest BCUT2D eigenvalue weighted by molar-refractivity contribution is 0.112. The van der Waals surface area contributed by atoms with Crippen LogP contribution in [-0.2, 0) is 0 Å². The molecule has 15 heavy (non-hydrogen) atoms. The molecule has 5 heteroatoms. The van der Waals surface area contributed by atoms with Crippen LogP contribution in [0.2, 0.25) is 0 Å². The van der Waals surface area contributed by atoms with Crippen molar-refractivity contribution in [3.63, 3.8) is 0 Å². The topological polar surface area (TPSA) is 43.1 Å². The Balaban J connectivity index is 2.58. The third-order valence-corrected chi connectivity index (χ3v) is 2.47. The molecule has 0 fully saturated rings. The Bertz CT molecular complexity index is 510. The zero-order valence-electron chi connectivity index (χ0n) is 7.41. The van der Waals surface area contributed by atoms with Crippen molar-refractivity contribution in [1.29, 1.82) is 0 Å². The summed E-state index contributed by atoms with van der Waals surface area (Å²) >= 11 is 3.04. The highest BCUT2D eigenvalue weighted by Gasteiger charge is 2.15. The smallest absolute Gasteiger partial charge is 0.213 e. The van der Waals surface area contributed by atoms with Crippen molar-refractivity contribution in [3.05, 3.63) is 40.3 Å². The molecule has 2 aromatic rings. The normalized spacial score (nSPS) is 10.3. The van der Waals surface area contributed by atoms with Gasteiger partial charge in [-0.1, -0.05) is 17.3 Å². The number of aromatic nitrogens is 1. The fraction of sp³-hybridized carbons (Fsp3) is 0. The standard InChI is InChI=1S/C10H5BrFNO2/c11-10-8(5-14)9(13-15-10)6-2-1-3-7(12)4-6/h1-5H. The lowest BCUT2D eigenvalue weighted by Crippen LogP contribution is -1.85. The molecule has 76 valence electrons. The van der Waals surface area contributed by atoms with Crippen molar-refractivity contribution in [2.45, 2.75) is 0 Å². The van der Waals surface area contributed by atoms with Gasteiger partial charge in [0.05, 0.1) is 5.56 Å². The minimum atomic E-state index is -0.386. The second-order valence-corrected chi connectivity index (χ2v) is 3.57. The fourth-order valence-corrected chi connectivity index (χ4v) is 1.58.